The highest BCUT2D eigenvalue weighted by Crippen LogP contribution is 2.29. The highest BCUT2D eigenvalue weighted by Gasteiger charge is 2.43. The largest absolute Gasteiger partial charge is 0.497 e. The Morgan fingerprint density at radius 3 is 2.29 bits per heavy atom. The predicted octanol–water partition coefficient (Wildman–Crippen LogP) is 3.99. The fourth-order valence-corrected chi connectivity index (χ4v) is 4.65. The minimum absolute atomic E-state index is 0.224. The molecule has 8 nitrogen and oxygen atoms in total. The van der Waals surface area contributed by atoms with Gasteiger partial charge >= 0.3 is 6.09 Å². The molecular formula is C27H33N3O5. The minimum Gasteiger partial charge on any atom is -0.497 e. The molecule has 1 saturated heterocycles. The van der Waals surface area contributed by atoms with Gasteiger partial charge in [-0.25, -0.2) is 4.79 Å². The highest BCUT2D eigenvalue weighted by molar-refractivity contribution is 5.98. The van der Waals surface area contributed by atoms with E-state index in [-0.39, 0.29) is 18.4 Å². The van der Waals surface area contributed by atoms with E-state index in [0.29, 0.717) is 30.8 Å². The fraction of sp³-hybridized carbons (Fsp3) is 0.444. The van der Waals surface area contributed by atoms with Gasteiger partial charge in [-0.05, 0) is 69.0 Å². The van der Waals surface area contributed by atoms with Gasteiger partial charge in [0.15, 0.2) is 0 Å². The van der Waals surface area contributed by atoms with E-state index in [4.69, 9.17) is 9.47 Å². The number of nitrogens with zero attached hydrogens (tertiary/aromatic N) is 2. The van der Waals surface area contributed by atoms with Gasteiger partial charge in [-0.1, -0.05) is 24.3 Å². The van der Waals surface area contributed by atoms with Crippen LogP contribution in [0.4, 0.5) is 10.5 Å². The lowest BCUT2D eigenvalue weighted by molar-refractivity contribution is -0.141. The second kappa shape index (κ2) is 9.98. The van der Waals surface area contributed by atoms with Crippen LogP contribution in [0.3, 0.4) is 0 Å². The van der Waals surface area contributed by atoms with E-state index in [1.54, 1.807) is 57.0 Å². The molecule has 2 aromatic rings. The van der Waals surface area contributed by atoms with E-state index < -0.39 is 23.8 Å². The van der Waals surface area contributed by atoms with Gasteiger partial charge in [0.25, 0.3) is 0 Å². The van der Waals surface area contributed by atoms with E-state index in [2.05, 4.69) is 5.32 Å². The summed E-state index contributed by atoms with van der Waals surface area (Å²) in [6, 6.07) is 13.6. The zero-order valence-corrected chi connectivity index (χ0v) is 20.7. The maximum atomic E-state index is 13.8. The summed E-state index contributed by atoms with van der Waals surface area (Å²) in [6.07, 6.45) is 1.16. The molecule has 0 saturated carbocycles. The first-order chi connectivity index (χ1) is 16.7. The number of likely N-dealkylation sites (tertiary alicyclic amines) is 1. The number of hydrogen-bond acceptors (Lipinski definition) is 5. The SMILES string of the molecule is COc1ccc(NC(=O)[C@@H]2CCCN2C(=O)[C@@H]2Cc3ccccc3CN2C(=O)OC(C)(C)C)cc1. The van der Waals surface area contributed by atoms with Crippen LogP contribution >= 0.6 is 0 Å². The van der Waals surface area contributed by atoms with Gasteiger partial charge in [-0.3, -0.25) is 14.5 Å². The Morgan fingerprint density at radius 1 is 0.943 bits per heavy atom. The lowest BCUT2D eigenvalue weighted by atomic mass is 9.93. The first-order valence-corrected chi connectivity index (χ1v) is 12.0. The van der Waals surface area contributed by atoms with Crippen molar-refractivity contribution in [3.05, 3.63) is 59.7 Å². The van der Waals surface area contributed by atoms with Crippen LogP contribution in [0.5, 0.6) is 5.75 Å². The molecule has 1 fully saturated rings. The van der Waals surface area contributed by atoms with Crippen molar-refractivity contribution < 1.29 is 23.9 Å². The Kier molecular flexibility index (Phi) is 7.00. The summed E-state index contributed by atoms with van der Waals surface area (Å²) < 4.78 is 10.8. The van der Waals surface area contributed by atoms with Crippen molar-refractivity contribution in [1.29, 1.82) is 0 Å². The van der Waals surface area contributed by atoms with Gasteiger partial charge in [-0.15, -0.1) is 0 Å². The van der Waals surface area contributed by atoms with Crippen molar-refractivity contribution in [1.82, 2.24) is 9.80 Å². The second-order valence-corrected chi connectivity index (χ2v) is 10.0. The maximum Gasteiger partial charge on any atom is 0.411 e. The number of amides is 3. The number of carbonyl (C=O) groups excluding carboxylic acids is 3. The smallest absolute Gasteiger partial charge is 0.411 e. The molecule has 186 valence electrons. The first kappa shape index (κ1) is 24.6. The van der Waals surface area contributed by atoms with Gasteiger partial charge in [0.1, 0.15) is 23.4 Å². The third-order valence-corrected chi connectivity index (χ3v) is 6.36. The Bertz CT molecular complexity index is 1090. The van der Waals surface area contributed by atoms with Crippen LogP contribution in [-0.4, -0.2) is 59.0 Å². The van der Waals surface area contributed by atoms with E-state index in [0.717, 1.165) is 17.5 Å². The van der Waals surface area contributed by atoms with Crippen molar-refractivity contribution in [3.8, 4) is 5.75 Å². The molecule has 1 N–H and O–H groups in total. The number of fused-ring (bicyclic) bond motifs is 1. The molecule has 0 bridgehead atoms. The molecule has 2 aliphatic heterocycles. The van der Waals surface area contributed by atoms with Crippen LogP contribution < -0.4 is 10.1 Å². The molecule has 35 heavy (non-hydrogen) atoms. The summed E-state index contributed by atoms with van der Waals surface area (Å²) in [5.41, 5.74) is 1.98. The molecule has 2 aliphatic rings. The van der Waals surface area contributed by atoms with Gasteiger partial charge < -0.3 is 19.7 Å². The van der Waals surface area contributed by atoms with Crippen LogP contribution in [0.1, 0.15) is 44.7 Å². The summed E-state index contributed by atoms with van der Waals surface area (Å²) in [6.45, 7) is 6.18. The predicted molar refractivity (Wildman–Crippen MR) is 132 cm³/mol. The topological polar surface area (TPSA) is 88.2 Å². The zero-order valence-electron chi connectivity index (χ0n) is 20.7. The van der Waals surface area contributed by atoms with Crippen LogP contribution in [0.25, 0.3) is 0 Å². The van der Waals surface area contributed by atoms with E-state index >= 15 is 0 Å². The van der Waals surface area contributed by atoms with Crippen molar-refractivity contribution in [2.45, 2.75) is 64.3 Å². The zero-order chi connectivity index (χ0) is 25.2. The lowest BCUT2D eigenvalue weighted by Crippen LogP contribution is -2.56. The summed E-state index contributed by atoms with van der Waals surface area (Å²) in [5, 5.41) is 2.91. The van der Waals surface area contributed by atoms with Crippen LogP contribution in [0.2, 0.25) is 0 Å². The number of ether oxygens (including phenoxy) is 2. The van der Waals surface area contributed by atoms with Crippen LogP contribution in [0.15, 0.2) is 48.5 Å². The van der Waals surface area contributed by atoms with Crippen molar-refractivity contribution in [2.75, 3.05) is 19.0 Å². The molecular weight excluding hydrogens is 446 g/mol. The molecule has 3 amide bonds. The van der Waals surface area contributed by atoms with Crippen molar-refractivity contribution in [2.24, 2.45) is 0 Å². The summed E-state index contributed by atoms with van der Waals surface area (Å²) in [7, 11) is 1.58. The number of hydrogen-bond donors (Lipinski definition) is 1. The number of methoxy groups -OCH3 is 1. The van der Waals surface area contributed by atoms with E-state index in [9.17, 15) is 14.4 Å². The maximum absolute atomic E-state index is 13.8. The Morgan fingerprint density at radius 2 is 1.63 bits per heavy atom. The average molecular weight is 480 g/mol. The molecule has 0 aliphatic carbocycles. The summed E-state index contributed by atoms with van der Waals surface area (Å²) in [5.74, 6) is 0.235. The van der Waals surface area contributed by atoms with E-state index in [1.165, 1.54) is 4.90 Å². The molecule has 2 aromatic carbocycles. The second-order valence-electron chi connectivity index (χ2n) is 10.0. The number of nitrogens with one attached hydrogen (secondary N) is 1. The number of anilines is 1. The van der Waals surface area contributed by atoms with Crippen LogP contribution in [-0.2, 0) is 27.3 Å². The van der Waals surface area contributed by atoms with Crippen molar-refractivity contribution in [3.63, 3.8) is 0 Å². The normalized spacial score (nSPS) is 19.7. The quantitative estimate of drug-likeness (QED) is 0.717. The molecule has 0 unspecified atom stereocenters. The molecule has 0 spiro atoms. The fourth-order valence-electron chi connectivity index (χ4n) is 4.65. The Balaban J connectivity index is 1.54. The standard InChI is InChI=1S/C27H33N3O5/c1-27(2,3)35-26(33)30-17-19-9-6-5-8-18(19)16-23(30)25(32)29-15-7-10-22(29)24(31)28-20-11-13-21(34-4)14-12-20/h5-6,8-9,11-14,22-23H,7,10,15-17H2,1-4H3,(H,28,31)/t22-,23-/m0/s1. The highest BCUT2D eigenvalue weighted by atomic mass is 16.6. The Hall–Kier alpha value is -3.55. The lowest BCUT2D eigenvalue weighted by Gasteiger charge is -2.39. The minimum atomic E-state index is -0.728. The molecule has 2 heterocycles. The molecule has 0 aromatic heterocycles. The van der Waals surface area contributed by atoms with Gasteiger partial charge in [0, 0.05) is 18.7 Å². The summed E-state index contributed by atoms with van der Waals surface area (Å²) >= 11 is 0. The third-order valence-electron chi connectivity index (χ3n) is 6.36. The average Bonchev–Trinajstić information content (AvgIpc) is 3.32. The number of benzene rings is 2. The summed E-state index contributed by atoms with van der Waals surface area (Å²) in [4.78, 5) is 43.2. The van der Waals surface area contributed by atoms with Gasteiger partial charge in [0.05, 0.1) is 13.7 Å². The number of rotatable bonds is 4. The third kappa shape index (κ3) is 5.58. The van der Waals surface area contributed by atoms with Crippen molar-refractivity contribution >= 4 is 23.6 Å². The van der Waals surface area contributed by atoms with Crippen LogP contribution in [0, 0.1) is 0 Å². The molecule has 8 heteroatoms. The van der Waals surface area contributed by atoms with E-state index in [1.807, 2.05) is 24.3 Å². The Labute approximate surface area is 206 Å². The van der Waals surface area contributed by atoms with Gasteiger partial charge in [-0.2, -0.15) is 0 Å². The monoisotopic (exact) mass is 479 g/mol. The molecule has 2 atom stereocenters. The molecule has 0 radical (unpaired) electrons. The number of carbonyl (C=O) groups is 3. The van der Waals surface area contributed by atoms with Gasteiger partial charge in [0.2, 0.25) is 11.8 Å². The molecule has 4 rings (SSSR count). The first-order valence-electron chi connectivity index (χ1n) is 12.0.